The second-order valence-electron chi connectivity index (χ2n) is 9.01. The standard InChI is InChI=1S/C22H34N2O6/c1-12-13(2)18-15(14(3)17(12)25)8-10-22(7,28-18)30-20(27)24-11-9-16(23)19(26)29-21(4,5)6/h16,25H,8-11,23H2,1-7H3,(H,24,27). The number of esters is 1. The van der Waals surface area contributed by atoms with Gasteiger partial charge in [-0.25, -0.2) is 4.79 Å². The van der Waals surface area contributed by atoms with Crippen LogP contribution in [0.5, 0.6) is 11.5 Å². The molecule has 2 atom stereocenters. The minimum absolute atomic E-state index is 0.164. The second-order valence-corrected chi connectivity index (χ2v) is 9.01. The van der Waals surface area contributed by atoms with Gasteiger partial charge in [0.25, 0.3) is 5.79 Å². The van der Waals surface area contributed by atoms with E-state index in [4.69, 9.17) is 19.9 Å². The van der Waals surface area contributed by atoms with Crippen LogP contribution in [0.3, 0.4) is 0 Å². The average molecular weight is 423 g/mol. The van der Waals surface area contributed by atoms with Crippen LogP contribution in [-0.2, 0) is 20.7 Å². The zero-order chi connectivity index (χ0) is 22.9. The van der Waals surface area contributed by atoms with Crippen molar-refractivity contribution >= 4 is 12.1 Å². The first-order valence-corrected chi connectivity index (χ1v) is 10.2. The van der Waals surface area contributed by atoms with Crippen LogP contribution in [0.1, 0.15) is 62.8 Å². The molecule has 1 aliphatic rings. The summed E-state index contributed by atoms with van der Waals surface area (Å²) in [4.78, 5) is 24.2. The molecule has 0 bridgehead atoms. The first-order chi connectivity index (χ1) is 13.7. The summed E-state index contributed by atoms with van der Waals surface area (Å²) in [5, 5.41) is 12.9. The van der Waals surface area contributed by atoms with Gasteiger partial charge in [-0.3, -0.25) is 4.79 Å². The highest BCUT2D eigenvalue weighted by Gasteiger charge is 2.38. The number of hydrogen-bond donors (Lipinski definition) is 3. The van der Waals surface area contributed by atoms with Gasteiger partial charge in [0, 0.05) is 25.5 Å². The highest BCUT2D eigenvalue weighted by molar-refractivity contribution is 5.76. The molecule has 0 spiro atoms. The Morgan fingerprint density at radius 3 is 2.47 bits per heavy atom. The minimum atomic E-state index is -1.13. The Morgan fingerprint density at radius 1 is 1.23 bits per heavy atom. The summed E-state index contributed by atoms with van der Waals surface area (Å²) in [6, 6.07) is -0.834. The summed E-state index contributed by atoms with van der Waals surface area (Å²) < 4.78 is 16.8. The third-order valence-electron chi connectivity index (χ3n) is 5.23. The molecule has 0 saturated heterocycles. The number of ether oxygens (including phenoxy) is 3. The Kier molecular flexibility index (Phi) is 6.91. The third-order valence-corrected chi connectivity index (χ3v) is 5.23. The molecule has 0 radical (unpaired) electrons. The van der Waals surface area contributed by atoms with Crippen molar-refractivity contribution in [3.63, 3.8) is 0 Å². The number of phenolic OH excluding ortho intramolecular Hbond substituents is 1. The number of carbonyl (C=O) groups is 2. The molecule has 0 saturated carbocycles. The monoisotopic (exact) mass is 422 g/mol. The molecule has 0 aliphatic carbocycles. The van der Waals surface area contributed by atoms with Crippen molar-refractivity contribution in [3.05, 3.63) is 22.3 Å². The van der Waals surface area contributed by atoms with E-state index in [0.717, 1.165) is 22.3 Å². The van der Waals surface area contributed by atoms with Crippen molar-refractivity contribution in [2.24, 2.45) is 5.73 Å². The van der Waals surface area contributed by atoms with Crippen LogP contribution in [0.15, 0.2) is 0 Å². The van der Waals surface area contributed by atoms with Gasteiger partial charge in [-0.15, -0.1) is 0 Å². The lowest BCUT2D eigenvalue weighted by Crippen LogP contribution is -2.45. The van der Waals surface area contributed by atoms with Crippen molar-refractivity contribution in [1.82, 2.24) is 5.32 Å². The van der Waals surface area contributed by atoms with Crippen LogP contribution >= 0.6 is 0 Å². The molecule has 2 rings (SSSR count). The van der Waals surface area contributed by atoms with Gasteiger partial charge in [0.05, 0.1) is 0 Å². The molecule has 30 heavy (non-hydrogen) atoms. The molecule has 1 amide bonds. The number of fused-ring (bicyclic) bond motifs is 1. The molecule has 8 heteroatoms. The number of nitrogens with one attached hydrogen (secondary N) is 1. The fourth-order valence-electron chi connectivity index (χ4n) is 3.36. The molecule has 1 heterocycles. The average Bonchev–Trinajstić information content (AvgIpc) is 2.62. The summed E-state index contributed by atoms with van der Waals surface area (Å²) >= 11 is 0. The van der Waals surface area contributed by atoms with Crippen LogP contribution in [0.2, 0.25) is 0 Å². The van der Waals surface area contributed by atoms with Crippen molar-refractivity contribution in [1.29, 1.82) is 0 Å². The number of phenols is 1. The van der Waals surface area contributed by atoms with Crippen molar-refractivity contribution in [3.8, 4) is 11.5 Å². The SMILES string of the molecule is Cc1c(C)c2c(c(C)c1O)CCC(C)(OC(=O)NCCC(N)C(=O)OC(C)(C)C)O2. The van der Waals surface area contributed by atoms with Crippen molar-refractivity contribution in [2.45, 2.75) is 85.2 Å². The van der Waals surface area contributed by atoms with E-state index in [1.165, 1.54) is 0 Å². The molecule has 4 N–H and O–H groups in total. The number of alkyl carbamates (subject to hydrolysis) is 1. The van der Waals surface area contributed by atoms with E-state index in [0.29, 0.717) is 18.6 Å². The fourth-order valence-corrected chi connectivity index (χ4v) is 3.36. The van der Waals surface area contributed by atoms with Crippen LogP contribution in [0, 0.1) is 20.8 Å². The zero-order valence-electron chi connectivity index (χ0n) is 19.0. The van der Waals surface area contributed by atoms with Gasteiger partial charge in [0.15, 0.2) is 0 Å². The summed E-state index contributed by atoms with van der Waals surface area (Å²) in [5.41, 5.74) is 8.49. The van der Waals surface area contributed by atoms with E-state index >= 15 is 0 Å². The molecule has 168 valence electrons. The lowest BCUT2D eigenvalue weighted by atomic mass is 9.91. The molecule has 0 aromatic heterocycles. The van der Waals surface area contributed by atoms with E-state index in [9.17, 15) is 14.7 Å². The van der Waals surface area contributed by atoms with Crippen LogP contribution in [0.4, 0.5) is 4.79 Å². The van der Waals surface area contributed by atoms with Gasteiger partial charge in [-0.1, -0.05) is 0 Å². The highest BCUT2D eigenvalue weighted by atomic mass is 16.7. The number of amides is 1. The Balaban J connectivity index is 1.93. The first-order valence-electron chi connectivity index (χ1n) is 10.2. The van der Waals surface area contributed by atoms with Gasteiger partial charge in [-0.05, 0) is 71.1 Å². The highest BCUT2D eigenvalue weighted by Crippen LogP contribution is 2.43. The summed E-state index contributed by atoms with van der Waals surface area (Å²) in [7, 11) is 0. The maximum Gasteiger partial charge on any atom is 0.410 e. The lowest BCUT2D eigenvalue weighted by molar-refractivity contribution is -0.156. The quantitative estimate of drug-likeness (QED) is 0.624. The molecule has 1 aromatic carbocycles. The predicted molar refractivity (Wildman–Crippen MR) is 113 cm³/mol. The molecule has 1 aliphatic heterocycles. The van der Waals surface area contributed by atoms with Crippen molar-refractivity contribution in [2.75, 3.05) is 6.54 Å². The first kappa shape index (κ1) is 23.8. The Hall–Kier alpha value is -2.48. The Morgan fingerprint density at radius 2 is 1.87 bits per heavy atom. The van der Waals surface area contributed by atoms with Gasteiger partial charge in [0.2, 0.25) is 0 Å². The van der Waals surface area contributed by atoms with E-state index in [1.54, 1.807) is 27.7 Å². The molecular formula is C22H34N2O6. The maximum absolute atomic E-state index is 12.3. The molecule has 8 nitrogen and oxygen atoms in total. The van der Waals surface area contributed by atoms with E-state index < -0.39 is 29.5 Å². The largest absolute Gasteiger partial charge is 0.507 e. The molecule has 1 aromatic rings. The molecule has 2 unspecified atom stereocenters. The zero-order valence-corrected chi connectivity index (χ0v) is 19.0. The number of aromatic hydroxyl groups is 1. The minimum Gasteiger partial charge on any atom is -0.507 e. The van der Waals surface area contributed by atoms with E-state index in [-0.39, 0.29) is 18.7 Å². The van der Waals surface area contributed by atoms with Crippen molar-refractivity contribution < 1.29 is 28.9 Å². The maximum atomic E-state index is 12.3. The van der Waals surface area contributed by atoms with Gasteiger partial charge in [0.1, 0.15) is 23.1 Å². The second kappa shape index (κ2) is 8.71. The Labute approximate surface area is 178 Å². The molecule has 0 fully saturated rings. The lowest BCUT2D eigenvalue weighted by Gasteiger charge is -2.36. The summed E-state index contributed by atoms with van der Waals surface area (Å²) in [6.45, 7) is 12.7. The number of rotatable bonds is 5. The van der Waals surface area contributed by atoms with Gasteiger partial charge in [-0.2, -0.15) is 0 Å². The number of benzene rings is 1. The summed E-state index contributed by atoms with van der Waals surface area (Å²) in [5.74, 6) is -0.721. The van der Waals surface area contributed by atoms with E-state index in [1.807, 2.05) is 20.8 Å². The van der Waals surface area contributed by atoms with Crippen LogP contribution in [-0.4, -0.2) is 41.1 Å². The predicted octanol–water partition coefficient (Wildman–Crippen LogP) is 3.14. The summed E-state index contributed by atoms with van der Waals surface area (Å²) in [6.07, 6.45) is 0.639. The Bertz CT molecular complexity index is 830. The number of carbonyl (C=O) groups excluding carboxylic acids is 2. The molecular weight excluding hydrogens is 388 g/mol. The fraction of sp³-hybridized carbons (Fsp3) is 0.636. The smallest absolute Gasteiger partial charge is 0.410 e. The number of hydrogen-bond acceptors (Lipinski definition) is 7. The van der Waals surface area contributed by atoms with Gasteiger partial charge < -0.3 is 30.4 Å². The topological polar surface area (TPSA) is 120 Å². The van der Waals surface area contributed by atoms with E-state index in [2.05, 4.69) is 5.32 Å². The normalized spacial score (nSPS) is 19.3. The number of nitrogens with two attached hydrogens (primary N) is 1. The van der Waals surface area contributed by atoms with Crippen LogP contribution in [0.25, 0.3) is 0 Å². The van der Waals surface area contributed by atoms with Crippen LogP contribution < -0.4 is 15.8 Å². The van der Waals surface area contributed by atoms with Gasteiger partial charge >= 0.3 is 12.1 Å². The third kappa shape index (κ3) is 5.56.